The molecule has 49 heavy (non-hydrogen) atoms. The Bertz CT molecular complexity index is 2040. The van der Waals surface area contributed by atoms with E-state index in [1.54, 1.807) is 37.3 Å². The van der Waals surface area contributed by atoms with E-state index in [0.717, 1.165) is 41.7 Å². The number of ether oxygens (including phenoxy) is 2. The molecular formula is C36H36FN5O5S2. The minimum atomic E-state index is -1.07. The monoisotopic (exact) mass is 701 g/mol. The van der Waals surface area contributed by atoms with E-state index in [1.807, 2.05) is 36.6 Å². The SMILES string of the molecule is CCCCCOc1ccc(C2C(=C(O)c3nc4c(C)cccn4c3C)C(=O)C(=O)N2c2nnc(SCc3ccc(F)cc3)s2)cc1OCC. The molecule has 2 aromatic carbocycles. The molecule has 0 radical (unpaired) electrons. The molecule has 1 aliphatic heterocycles. The molecule has 1 saturated heterocycles. The van der Waals surface area contributed by atoms with Crippen molar-refractivity contribution in [2.24, 2.45) is 0 Å². The maximum absolute atomic E-state index is 13.9. The van der Waals surface area contributed by atoms with Gasteiger partial charge in [-0.2, -0.15) is 0 Å². The number of aromatic nitrogens is 4. The summed E-state index contributed by atoms with van der Waals surface area (Å²) in [5.74, 6) is -0.937. The van der Waals surface area contributed by atoms with E-state index < -0.39 is 17.7 Å². The van der Waals surface area contributed by atoms with E-state index >= 15 is 0 Å². The number of ketones is 1. The molecule has 0 aliphatic carbocycles. The number of anilines is 1. The Morgan fingerprint density at radius 3 is 2.55 bits per heavy atom. The summed E-state index contributed by atoms with van der Waals surface area (Å²) in [6.45, 7) is 8.57. The second-order valence-electron chi connectivity index (χ2n) is 11.6. The average Bonchev–Trinajstić information content (AvgIpc) is 3.78. The molecule has 1 unspecified atom stereocenters. The molecule has 1 amide bonds. The van der Waals surface area contributed by atoms with Gasteiger partial charge < -0.3 is 19.0 Å². The minimum Gasteiger partial charge on any atom is -0.505 e. The summed E-state index contributed by atoms with van der Waals surface area (Å²) in [4.78, 5) is 33.8. The Labute approximate surface area is 291 Å². The normalized spacial score (nSPS) is 15.8. The van der Waals surface area contributed by atoms with Crippen LogP contribution in [0, 0.1) is 19.7 Å². The molecule has 6 rings (SSSR count). The highest BCUT2D eigenvalue weighted by molar-refractivity contribution is 8.00. The second kappa shape index (κ2) is 14.8. The van der Waals surface area contributed by atoms with Gasteiger partial charge in [-0.3, -0.25) is 14.5 Å². The van der Waals surface area contributed by atoms with Crippen LogP contribution < -0.4 is 14.4 Å². The number of carbonyl (C=O) groups excluding carboxylic acids is 2. The number of rotatable bonds is 13. The first kappa shape index (κ1) is 34.1. The standard InChI is InChI=1S/C36H36FN5O5S2/c1-5-7-8-18-47-26-16-13-24(19-27(26)46-6-2)30-28(31(43)29-22(4)41-17-9-10-21(3)33(41)38-29)32(44)34(45)42(30)35-39-40-36(49-35)48-20-23-11-14-25(37)15-12-23/h9-17,19,30,43H,5-8,18,20H2,1-4H3. The van der Waals surface area contributed by atoms with Crippen molar-refractivity contribution < 1.29 is 28.6 Å². The third-order valence-corrected chi connectivity index (χ3v) is 10.3. The highest BCUT2D eigenvalue weighted by atomic mass is 32.2. The number of aliphatic hydroxyl groups excluding tert-OH is 1. The number of hydrogen-bond donors (Lipinski definition) is 1. The fourth-order valence-electron chi connectivity index (χ4n) is 5.72. The molecule has 1 aliphatic rings. The molecule has 0 spiro atoms. The summed E-state index contributed by atoms with van der Waals surface area (Å²) in [6, 6.07) is 14.2. The Morgan fingerprint density at radius 1 is 1.02 bits per heavy atom. The van der Waals surface area contributed by atoms with Gasteiger partial charge in [0.05, 0.1) is 30.5 Å². The van der Waals surface area contributed by atoms with Crippen LogP contribution in [0.2, 0.25) is 0 Å². The van der Waals surface area contributed by atoms with Crippen LogP contribution in [0.3, 0.4) is 0 Å². The molecule has 5 aromatic rings. The summed E-state index contributed by atoms with van der Waals surface area (Å²) in [7, 11) is 0. The Kier molecular flexibility index (Phi) is 10.3. The fraction of sp³-hybridized carbons (Fsp3) is 0.306. The lowest BCUT2D eigenvalue weighted by atomic mass is 9.96. The van der Waals surface area contributed by atoms with Crippen molar-refractivity contribution in [3.05, 3.63) is 100 Å². The topological polar surface area (TPSA) is 119 Å². The third kappa shape index (κ3) is 6.90. The molecule has 254 valence electrons. The fourth-order valence-corrected chi connectivity index (χ4v) is 7.54. The molecular weight excluding hydrogens is 666 g/mol. The lowest BCUT2D eigenvalue weighted by Crippen LogP contribution is -2.29. The van der Waals surface area contributed by atoms with E-state index in [9.17, 15) is 19.1 Å². The van der Waals surface area contributed by atoms with Gasteiger partial charge in [0.1, 0.15) is 17.2 Å². The smallest absolute Gasteiger partial charge is 0.301 e. The predicted molar refractivity (Wildman–Crippen MR) is 188 cm³/mol. The number of unbranched alkanes of at least 4 members (excludes halogenated alkanes) is 2. The van der Waals surface area contributed by atoms with Gasteiger partial charge in [0.2, 0.25) is 5.13 Å². The Morgan fingerprint density at radius 2 is 1.82 bits per heavy atom. The summed E-state index contributed by atoms with van der Waals surface area (Å²) < 4.78 is 27.8. The number of nitrogens with zero attached hydrogens (tertiary/aromatic N) is 5. The highest BCUT2D eigenvalue weighted by Crippen LogP contribution is 2.46. The van der Waals surface area contributed by atoms with Crippen LogP contribution in [0.25, 0.3) is 11.4 Å². The second-order valence-corrected chi connectivity index (χ2v) is 13.7. The number of pyridine rings is 1. The maximum atomic E-state index is 13.9. The molecule has 10 nitrogen and oxygen atoms in total. The van der Waals surface area contributed by atoms with Gasteiger partial charge in [0, 0.05) is 11.9 Å². The number of thioether (sulfide) groups is 1. The number of aryl methyl sites for hydroxylation is 2. The van der Waals surface area contributed by atoms with Gasteiger partial charge in [0.25, 0.3) is 5.78 Å². The van der Waals surface area contributed by atoms with E-state index in [-0.39, 0.29) is 28.0 Å². The quantitative estimate of drug-likeness (QED) is 0.0327. The van der Waals surface area contributed by atoms with Gasteiger partial charge in [0.15, 0.2) is 21.6 Å². The number of Topliss-reactive ketones (excluding diaryl/α,β-unsaturated/α-hetero) is 1. The molecule has 4 heterocycles. The highest BCUT2D eigenvalue weighted by Gasteiger charge is 2.49. The predicted octanol–water partition coefficient (Wildman–Crippen LogP) is 7.83. The summed E-state index contributed by atoms with van der Waals surface area (Å²) >= 11 is 2.53. The number of carbonyl (C=O) groups is 2. The van der Waals surface area contributed by atoms with E-state index in [1.165, 1.54) is 28.8 Å². The van der Waals surface area contributed by atoms with Crippen molar-refractivity contribution in [1.29, 1.82) is 0 Å². The van der Waals surface area contributed by atoms with Crippen LogP contribution in [0.15, 0.2) is 70.7 Å². The van der Waals surface area contributed by atoms with Crippen LogP contribution in [0.5, 0.6) is 11.5 Å². The average molecular weight is 702 g/mol. The molecule has 1 atom stereocenters. The van der Waals surface area contributed by atoms with Gasteiger partial charge in [-0.1, -0.05) is 67.1 Å². The van der Waals surface area contributed by atoms with Gasteiger partial charge >= 0.3 is 5.91 Å². The van der Waals surface area contributed by atoms with E-state index in [0.29, 0.717) is 51.7 Å². The molecule has 0 saturated carbocycles. The largest absolute Gasteiger partial charge is 0.505 e. The van der Waals surface area contributed by atoms with Crippen LogP contribution in [0.4, 0.5) is 9.52 Å². The van der Waals surface area contributed by atoms with E-state index in [4.69, 9.17) is 14.5 Å². The summed E-state index contributed by atoms with van der Waals surface area (Å²) in [5.41, 5.74) is 3.61. The number of aliphatic hydroxyl groups is 1. The number of fused-ring (bicyclic) bond motifs is 1. The van der Waals surface area contributed by atoms with Crippen molar-refractivity contribution >= 4 is 51.3 Å². The van der Waals surface area contributed by atoms with Crippen molar-refractivity contribution in [1.82, 2.24) is 19.6 Å². The van der Waals surface area contributed by atoms with Crippen molar-refractivity contribution in [2.75, 3.05) is 18.1 Å². The number of halogens is 1. The lowest BCUT2D eigenvalue weighted by molar-refractivity contribution is -0.132. The minimum absolute atomic E-state index is 0.121. The zero-order valence-electron chi connectivity index (χ0n) is 27.6. The molecule has 3 aromatic heterocycles. The Hall–Kier alpha value is -4.75. The van der Waals surface area contributed by atoms with E-state index in [2.05, 4.69) is 17.1 Å². The first-order valence-corrected chi connectivity index (χ1v) is 17.9. The van der Waals surface area contributed by atoms with Crippen LogP contribution in [-0.2, 0) is 15.3 Å². The number of amides is 1. The molecule has 0 bridgehead atoms. The first-order chi connectivity index (χ1) is 23.7. The number of benzene rings is 2. The van der Waals surface area contributed by atoms with Gasteiger partial charge in [-0.15, -0.1) is 10.2 Å². The zero-order chi connectivity index (χ0) is 34.7. The van der Waals surface area contributed by atoms with Crippen molar-refractivity contribution in [3.8, 4) is 11.5 Å². The van der Waals surface area contributed by atoms with Gasteiger partial charge in [-0.05, 0) is 74.2 Å². The zero-order valence-corrected chi connectivity index (χ0v) is 29.2. The van der Waals surface area contributed by atoms with Crippen LogP contribution in [-0.4, -0.2) is 49.6 Å². The molecule has 13 heteroatoms. The first-order valence-electron chi connectivity index (χ1n) is 16.1. The van der Waals surface area contributed by atoms with Gasteiger partial charge in [-0.25, -0.2) is 9.37 Å². The van der Waals surface area contributed by atoms with Crippen molar-refractivity contribution in [3.63, 3.8) is 0 Å². The van der Waals surface area contributed by atoms with Crippen molar-refractivity contribution in [2.45, 2.75) is 63.1 Å². The third-order valence-electron chi connectivity index (χ3n) is 8.22. The van der Waals surface area contributed by atoms with Crippen LogP contribution in [0.1, 0.15) is 67.2 Å². The molecule has 1 N–H and O–H groups in total. The lowest BCUT2D eigenvalue weighted by Gasteiger charge is -2.23. The van der Waals surface area contributed by atoms with Crippen LogP contribution >= 0.6 is 23.1 Å². The summed E-state index contributed by atoms with van der Waals surface area (Å²) in [6.07, 6.45) is 4.81. The number of imidazole rings is 1. The number of hydrogen-bond acceptors (Lipinski definition) is 10. The maximum Gasteiger partial charge on any atom is 0.301 e. The Balaban J connectivity index is 1.44. The summed E-state index contributed by atoms with van der Waals surface area (Å²) in [5, 5.41) is 20.7. The molecule has 1 fully saturated rings.